The lowest BCUT2D eigenvalue weighted by atomic mass is 9.90. The molecule has 0 spiro atoms. The van der Waals surface area contributed by atoms with Gasteiger partial charge >= 0.3 is 0 Å². The number of ketones is 1. The van der Waals surface area contributed by atoms with E-state index in [4.69, 9.17) is 11.6 Å². The minimum absolute atomic E-state index is 0.119. The van der Waals surface area contributed by atoms with Gasteiger partial charge in [-0.25, -0.2) is 4.39 Å². The van der Waals surface area contributed by atoms with E-state index in [-0.39, 0.29) is 11.3 Å². The normalized spacial score (nSPS) is 17.1. The van der Waals surface area contributed by atoms with Crippen LogP contribution in [0.4, 0.5) is 4.39 Å². The number of halogens is 2. The summed E-state index contributed by atoms with van der Waals surface area (Å²) in [4.78, 5) is 11.9. The van der Waals surface area contributed by atoms with Crippen molar-refractivity contribution in [3.8, 4) is 0 Å². The van der Waals surface area contributed by atoms with E-state index in [1.54, 1.807) is 6.07 Å². The molecule has 0 amide bonds. The quantitative estimate of drug-likeness (QED) is 0.841. The number of Topliss-reactive ketones (excluding diaryl/α,β-unsaturated/α-hetero) is 1. The van der Waals surface area contributed by atoms with Crippen LogP contribution in [-0.4, -0.2) is 18.9 Å². The lowest BCUT2D eigenvalue weighted by Gasteiger charge is -2.21. The number of piperidine rings is 1. The van der Waals surface area contributed by atoms with Crippen molar-refractivity contribution < 1.29 is 9.18 Å². The second kappa shape index (κ2) is 5.61. The van der Waals surface area contributed by atoms with Crippen molar-refractivity contribution in [1.82, 2.24) is 5.32 Å². The summed E-state index contributed by atoms with van der Waals surface area (Å²) in [6.07, 6.45) is 2.40. The predicted octanol–water partition coefficient (Wildman–Crippen LogP) is 3.05. The molecule has 0 aromatic heterocycles. The standard InChI is InChI=1S/C13H15ClFNO/c14-10-1-2-11(12(15)8-10)13(17)7-9-3-5-16-6-4-9/h1-2,8-9,16H,3-7H2. The Morgan fingerprint density at radius 2 is 2.12 bits per heavy atom. The van der Waals surface area contributed by atoms with Crippen LogP contribution in [0.15, 0.2) is 18.2 Å². The monoisotopic (exact) mass is 255 g/mol. The zero-order valence-corrected chi connectivity index (χ0v) is 10.3. The van der Waals surface area contributed by atoms with Crippen molar-refractivity contribution in [2.75, 3.05) is 13.1 Å². The molecule has 1 aromatic rings. The predicted molar refractivity (Wildman–Crippen MR) is 66.0 cm³/mol. The Hall–Kier alpha value is -0.930. The first-order chi connectivity index (χ1) is 8.16. The van der Waals surface area contributed by atoms with Crippen molar-refractivity contribution in [2.24, 2.45) is 5.92 Å². The van der Waals surface area contributed by atoms with Crippen molar-refractivity contribution in [1.29, 1.82) is 0 Å². The highest BCUT2D eigenvalue weighted by atomic mass is 35.5. The lowest BCUT2D eigenvalue weighted by Crippen LogP contribution is -2.29. The Bertz CT molecular complexity index is 416. The second-order valence-corrected chi connectivity index (χ2v) is 4.88. The van der Waals surface area contributed by atoms with Crippen LogP contribution in [0, 0.1) is 11.7 Å². The van der Waals surface area contributed by atoms with E-state index in [2.05, 4.69) is 5.32 Å². The maximum Gasteiger partial charge on any atom is 0.166 e. The molecule has 2 nitrogen and oxygen atoms in total. The molecule has 1 aromatic carbocycles. The Balaban J connectivity index is 2.03. The van der Waals surface area contributed by atoms with Crippen LogP contribution in [0.3, 0.4) is 0 Å². The molecule has 0 aliphatic carbocycles. The van der Waals surface area contributed by atoms with Crippen molar-refractivity contribution in [3.63, 3.8) is 0 Å². The second-order valence-electron chi connectivity index (χ2n) is 4.44. The molecule has 1 aliphatic heterocycles. The van der Waals surface area contributed by atoms with E-state index in [9.17, 15) is 9.18 Å². The van der Waals surface area contributed by atoms with E-state index < -0.39 is 5.82 Å². The van der Waals surface area contributed by atoms with E-state index in [0.29, 0.717) is 17.4 Å². The smallest absolute Gasteiger partial charge is 0.166 e. The summed E-state index contributed by atoms with van der Waals surface area (Å²) in [5, 5.41) is 3.56. The fraction of sp³-hybridized carbons (Fsp3) is 0.462. The number of benzene rings is 1. The maximum absolute atomic E-state index is 13.5. The summed E-state index contributed by atoms with van der Waals surface area (Å²) in [5.74, 6) is -0.263. The number of hydrogen-bond acceptors (Lipinski definition) is 2. The van der Waals surface area contributed by atoms with Gasteiger partial charge in [0.2, 0.25) is 0 Å². The molecular formula is C13H15ClFNO. The van der Waals surface area contributed by atoms with Crippen LogP contribution in [0.5, 0.6) is 0 Å². The van der Waals surface area contributed by atoms with E-state index in [1.165, 1.54) is 12.1 Å². The Labute approximate surface area is 105 Å². The molecule has 17 heavy (non-hydrogen) atoms. The highest BCUT2D eigenvalue weighted by Gasteiger charge is 2.19. The molecule has 0 saturated carbocycles. The van der Waals surface area contributed by atoms with Gasteiger partial charge in [0, 0.05) is 11.4 Å². The van der Waals surface area contributed by atoms with Gasteiger partial charge < -0.3 is 5.32 Å². The summed E-state index contributed by atoms with van der Waals surface area (Å²) < 4.78 is 13.5. The molecule has 1 fully saturated rings. The molecule has 1 N–H and O–H groups in total. The van der Waals surface area contributed by atoms with Crippen molar-refractivity contribution in [2.45, 2.75) is 19.3 Å². The Kier molecular flexibility index (Phi) is 4.13. The molecule has 1 saturated heterocycles. The molecule has 1 heterocycles. The average molecular weight is 256 g/mol. The van der Waals surface area contributed by atoms with Crippen LogP contribution in [-0.2, 0) is 0 Å². The third kappa shape index (κ3) is 3.27. The van der Waals surface area contributed by atoms with Gasteiger partial charge in [0.1, 0.15) is 5.82 Å². The fourth-order valence-electron chi connectivity index (χ4n) is 2.17. The lowest BCUT2D eigenvalue weighted by molar-refractivity contribution is 0.0948. The molecule has 4 heteroatoms. The SMILES string of the molecule is O=C(CC1CCNCC1)c1ccc(Cl)cc1F. The van der Waals surface area contributed by atoms with Crippen LogP contribution in [0.1, 0.15) is 29.6 Å². The van der Waals surface area contributed by atoms with Crippen LogP contribution < -0.4 is 5.32 Å². The summed E-state index contributed by atoms with van der Waals surface area (Å²) in [6.45, 7) is 1.89. The fourth-order valence-corrected chi connectivity index (χ4v) is 2.33. The Morgan fingerprint density at radius 3 is 2.76 bits per heavy atom. The summed E-state index contributed by atoms with van der Waals surface area (Å²) in [5.41, 5.74) is 0.160. The number of carbonyl (C=O) groups excluding carboxylic acids is 1. The van der Waals surface area contributed by atoms with Gasteiger partial charge in [-0.3, -0.25) is 4.79 Å². The van der Waals surface area contributed by atoms with E-state index in [0.717, 1.165) is 25.9 Å². The van der Waals surface area contributed by atoms with Gasteiger partial charge in [-0.1, -0.05) is 11.6 Å². The average Bonchev–Trinajstić information content (AvgIpc) is 2.30. The zero-order valence-electron chi connectivity index (χ0n) is 9.51. The third-order valence-electron chi connectivity index (χ3n) is 3.16. The first-order valence-corrected chi connectivity index (χ1v) is 6.23. The van der Waals surface area contributed by atoms with Crippen LogP contribution >= 0.6 is 11.6 Å². The maximum atomic E-state index is 13.5. The van der Waals surface area contributed by atoms with E-state index in [1.807, 2.05) is 0 Å². The molecule has 92 valence electrons. The van der Waals surface area contributed by atoms with Crippen molar-refractivity contribution in [3.05, 3.63) is 34.6 Å². The van der Waals surface area contributed by atoms with E-state index >= 15 is 0 Å². The minimum atomic E-state index is -0.517. The Morgan fingerprint density at radius 1 is 1.41 bits per heavy atom. The molecule has 2 rings (SSSR count). The topological polar surface area (TPSA) is 29.1 Å². The molecular weight excluding hydrogens is 241 g/mol. The van der Waals surface area contributed by atoms with Crippen molar-refractivity contribution >= 4 is 17.4 Å². The summed E-state index contributed by atoms with van der Waals surface area (Å²) >= 11 is 5.65. The number of rotatable bonds is 3. The third-order valence-corrected chi connectivity index (χ3v) is 3.40. The molecule has 0 atom stereocenters. The minimum Gasteiger partial charge on any atom is -0.317 e. The van der Waals surface area contributed by atoms with Gasteiger partial charge in [0.05, 0.1) is 5.56 Å². The number of nitrogens with one attached hydrogen (secondary N) is 1. The van der Waals surface area contributed by atoms with Gasteiger partial charge in [0.15, 0.2) is 5.78 Å². The molecule has 1 aliphatic rings. The summed E-state index contributed by atoms with van der Waals surface area (Å²) in [6, 6.07) is 4.22. The van der Waals surface area contributed by atoms with Gasteiger partial charge in [-0.05, 0) is 50.0 Å². The van der Waals surface area contributed by atoms with Gasteiger partial charge in [-0.15, -0.1) is 0 Å². The largest absolute Gasteiger partial charge is 0.317 e. The van der Waals surface area contributed by atoms with Crippen LogP contribution in [0.2, 0.25) is 5.02 Å². The number of hydrogen-bond donors (Lipinski definition) is 1. The first-order valence-electron chi connectivity index (χ1n) is 5.86. The highest BCUT2D eigenvalue weighted by molar-refractivity contribution is 6.30. The summed E-state index contributed by atoms with van der Waals surface area (Å²) in [7, 11) is 0. The van der Waals surface area contributed by atoms with Crippen LogP contribution in [0.25, 0.3) is 0 Å². The van der Waals surface area contributed by atoms with Gasteiger partial charge in [-0.2, -0.15) is 0 Å². The number of carbonyl (C=O) groups is 1. The highest BCUT2D eigenvalue weighted by Crippen LogP contribution is 2.21. The first kappa shape index (κ1) is 12.5. The molecule has 0 bridgehead atoms. The molecule has 0 unspecified atom stereocenters. The van der Waals surface area contributed by atoms with Gasteiger partial charge in [0.25, 0.3) is 0 Å². The zero-order chi connectivity index (χ0) is 12.3. The molecule has 0 radical (unpaired) electrons.